The molecule has 0 aliphatic carbocycles. The Balaban J connectivity index is 2.09. The normalized spacial score (nSPS) is 21.8. The molecule has 2 atom stereocenters. The second-order valence-electron chi connectivity index (χ2n) is 5.48. The molecule has 0 bridgehead atoms. The number of pyridine rings is 1. The number of hydrogen-bond acceptors (Lipinski definition) is 3. The maximum Gasteiger partial charge on any atom is 0.240 e. The first-order chi connectivity index (χ1) is 9.09. The number of nitrogens with zero attached hydrogens (tertiary/aromatic N) is 2. The van der Waals surface area contributed by atoms with Crippen LogP contribution >= 0.6 is 0 Å². The van der Waals surface area contributed by atoms with Crippen LogP contribution in [0.3, 0.4) is 0 Å². The van der Waals surface area contributed by atoms with Crippen LogP contribution in [0, 0.1) is 0 Å². The number of piperidine rings is 1. The first-order valence-corrected chi connectivity index (χ1v) is 7.07. The Labute approximate surface area is 115 Å². The SMILES string of the molecule is CC(C)NC1CCCN(C(C)c2ccccn2)C1=O. The maximum absolute atomic E-state index is 12.5. The zero-order chi connectivity index (χ0) is 13.8. The molecule has 19 heavy (non-hydrogen) atoms. The van der Waals surface area contributed by atoms with Crippen LogP contribution < -0.4 is 5.32 Å². The zero-order valence-electron chi connectivity index (χ0n) is 12.0. The van der Waals surface area contributed by atoms with Crippen LogP contribution in [0.5, 0.6) is 0 Å². The highest BCUT2D eigenvalue weighted by molar-refractivity contribution is 5.83. The van der Waals surface area contributed by atoms with Gasteiger partial charge in [0.15, 0.2) is 0 Å². The van der Waals surface area contributed by atoms with Crippen LogP contribution in [0.25, 0.3) is 0 Å². The van der Waals surface area contributed by atoms with E-state index in [1.54, 1.807) is 6.20 Å². The van der Waals surface area contributed by atoms with Crippen molar-refractivity contribution in [3.8, 4) is 0 Å². The van der Waals surface area contributed by atoms with Gasteiger partial charge in [0, 0.05) is 18.8 Å². The maximum atomic E-state index is 12.5. The van der Waals surface area contributed by atoms with Crippen molar-refractivity contribution < 1.29 is 4.79 Å². The molecule has 0 aromatic carbocycles. The molecule has 0 radical (unpaired) electrons. The Hall–Kier alpha value is -1.42. The highest BCUT2D eigenvalue weighted by atomic mass is 16.2. The number of likely N-dealkylation sites (tertiary alicyclic amines) is 1. The summed E-state index contributed by atoms with van der Waals surface area (Å²) in [6.07, 6.45) is 3.76. The number of nitrogens with one attached hydrogen (secondary N) is 1. The summed E-state index contributed by atoms with van der Waals surface area (Å²) in [5.74, 6) is 0.207. The quantitative estimate of drug-likeness (QED) is 0.903. The molecule has 0 saturated carbocycles. The van der Waals surface area contributed by atoms with E-state index in [2.05, 4.69) is 31.1 Å². The molecule has 2 heterocycles. The van der Waals surface area contributed by atoms with E-state index in [0.717, 1.165) is 25.1 Å². The third-order valence-corrected chi connectivity index (χ3v) is 3.59. The monoisotopic (exact) mass is 261 g/mol. The van der Waals surface area contributed by atoms with Gasteiger partial charge in [-0.15, -0.1) is 0 Å². The molecule has 1 N–H and O–H groups in total. The van der Waals surface area contributed by atoms with Crippen molar-refractivity contribution in [1.82, 2.24) is 15.2 Å². The molecular formula is C15H23N3O. The minimum atomic E-state index is -0.0417. The molecule has 1 amide bonds. The van der Waals surface area contributed by atoms with E-state index in [9.17, 15) is 4.79 Å². The van der Waals surface area contributed by atoms with Gasteiger partial charge in [-0.2, -0.15) is 0 Å². The van der Waals surface area contributed by atoms with Crippen LogP contribution in [0.15, 0.2) is 24.4 Å². The van der Waals surface area contributed by atoms with Gasteiger partial charge in [0.2, 0.25) is 5.91 Å². The molecule has 1 aromatic rings. The van der Waals surface area contributed by atoms with Crippen molar-refractivity contribution in [2.45, 2.75) is 51.7 Å². The number of carbonyl (C=O) groups excluding carboxylic acids is 1. The predicted molar refractivity (Wildman–Crippen MR) is 75.7 cm³/mol. The Morgan fingerprint density at radius 3 is 2.79 bits per heavy atom. The molecule has 2 rings (SSSR count). The number of amides is 1. The van der Waals surface area contributed by atoms with E-state index in [4.69, 9.17) is 0 Å². The summed E-state index contributed by atoms with van der Waals surface area (Å²) >= 11 is 0. The molecule has 1 aliphatic rings. The number of carbonyl (C=O) groups is 1. The van der Waals surface area contributed by atoms with Gasteiger partial charge in [0.05, 0.1) is 17.8 Å². The van der Waals surface area contributed by atoms with Crippen molar-refractivity contribution in [3.05, 3.63) is 30.1 Å². The van der Waals surface area contributed by atoms with E-state index in [1.165, 1.54) is 0 Å². The lowest BCUT2D eigenvalue weighted by Gasteiger charge is -2.37. The van der Waals surface area contributed by atoms with Crippen molar-refractivity contribution in [2.24, 2.45) is 0 Å². The lowest BCUT2D eigenvalue weighted by atomic mass is 10.0. The van der Waals surface area contributed by atoms with Crippen LogP contribution in [0.4, 0.5) is 0 Å². The summed E-state index contributed by atoms with van der Waals surface area (Å²) in [5, 5.41) is 3.36. The molecule has 4 nitrogen and oxygen atoms in total. The zero-order valence-corrected chi connectivity index (χ0v) is 12.0. The summed E-state index contributed by atoms with van der Waals surface area (Å²) in [7, 11) is 0. The summed E-state index contributed by atoms with van der Waals surface area (Å²) in [6.45, 7) is 7.04. The van der Waals surface area contributed by atoms with Crippen LogP contribution in [-0.4, -0.2) is 34.4 Å². The molecule has 104 valence electrons. The van der Waals surface area contributed by atoms with Crippen LogP contribution in [0.2, 0.25) is 0 Å². The topological polar surface area (TPSA) is 45.2 Å². The van der Waals surface area contributed by atoms with E-state index in [0.29, 0.717) is 6.04 Å². The predicted octanol–water partition coefficient (Wildman–Crippen LogP) is 2.13. The van der Waals surface area contributed by atoms with Gasteiger partial charge in [-0.1, -0.05) is 19.9 Å². The Morgan fingerprint density at radius 2 is 2.16 bits per heavy atom. The fraction of sp³-hybridized carbons (Fsp3) is 0.600. The average molecular weight is 261 g/mol. The molecule has 1 fully saturated rings. The number of rotatable bonds is 4. The van der Waals surface area contributed by atoms with Crippen molar-refractivity contribution in [1.29, 1.82) is 0 Å². The first-order valence-electron chi connectivity index (χ1n) is 7.07. The largest absolute Gasteiger partial charge is 0.333 e. The van der Waals surface area contributed by atoms with Gasteiger partial charge in [-0.3, -0.25) is 9.78 Å². The summed E-state index contributed by atoms with van der Waals surface area (Å²) in [5.41, 5.74) is 0.959. The van der Waals surface area contributed by atoms with Crippen LogP contribution in [-0.2, 0) is 4.79 Å². The van der Waals surface area contributed by atoms with Gasteiger partial charge < -0.3 is 10.2 Å². The summed E-state index contributed by atoms with van der Waals surface area (Å²) in [6, 6.07) is 6.19. The minimum Gasteiger partial charge on any atom is -0.333 e. The Kier molecular flexibility index (Phi) is 4.53. The lowest BCUT2D eigenvalue weighted by Crippen LogP contribution is -2.52. The second-order valence-corrected chi connectivity index (χ2v) is 5.48. The standard InChI is InChI=1S/C15H23N3O/c1-11(2)17-14-8-6-10-18(15(14)19)12(3)13-7-4-5-9-16-13/h4-5,7,9,11-12,14,17H,6,8,10H2,1-3H3. The van der Waals surface area contributed by atoms with Gasteiger partial charge in [-0.05, 0) is 31.9 Å². The van der Waals surface area contributed by atoms with E-state index in [-0.39, 0.29) is 18.0 Å². The minimum absolute atomic E-state index is 0.0417. The molecule has 2 unspecified atom stereocenters. The number of aromatic nitrogens is 1. The van der Waals surface area contributed by atoms with E-state index < -0.39 is 0 Å². The van der Waals surface area contributed by atoms with Crippen molar-refractivity contribution in [2.75, 3.05) is 6.54 Å². The lowest BCUT2D eigenvalue weighted by molar-refractivity contribution is -0.138. The molecule has 1 aliphatic heterocycles. The summed E-state index contributed by atoms with van der Waals surface area (Å²) in [4.78, 5) is 18.8. The van der Waals surface area contributed by atoms with Crippen LogP contribution in [0.1, 0.15) is 45.3 Å². The van der Waals surface area contributed by atoms with Crippen molar-refractivity contribution in [3.63, 3.8) is 0 Å². The molecular weight excluding hydrogens is 238 g/mol. The fourth-order valence-corrected chi connectivity index (χ4v) is 2.62. The third kappa shape index (κ3) is 3.32. The molecule has 0 spiro atoms. The highest BCUT2D eigenvalue weighted by Gasteiger charge is 2.32. The third-order valence-electron chi connectivity index (χ3n) is 3.59. The Bertz CT molecular complexity index is 419. The molecule has 1 saturated heterocycles. The van der Waals surface area contributed by atoms with E-state index >= 15 is 0 Å². The van der Waals surface area contributed by atoms with E-state index in [1.807, 2.05) is 23.1 Å². The van der Waals surface area contributed by atoms with Crippen molar-refractivity contribution >= 4 is 5.91 Å². The molecule has 4 heteroatoms. The Morgan fingerprint density at radius 1 is 1.37 bits per heavy atom. The van der Waals surface area contributed by atoms with Gasteiger partial charge in [-0.25, -0.2) is 0 Å². The van der Waals surface area contributed by atoms with Gasteiger partial charge >= 0.3 is 0 Å². The second kappa shape index (κ2) is 6.15. The first kappa shape index (κ1) is 14.0. The highest BCUT2D eigenvalue weighted by Crippen LogP contribution is 2.23. The summed E-state index contributed by atoms with van der Waals surface area (Å²) < 4.78 is 0. The molecule has 1 aromatic heterocycles. The fourth-order valence-electron chi connectivity index (χ4n) is 2.62. The van der Waals surface area contributed by atoms with Gasteiger partial charge in [0.25, 0.3) is 0 Å². The smallest absolute Gasteiger partial charge is 0.240 e. The number of hydrogen-bond donors (Lipinski definition) is 1. The van der Waals surface area contributed by atoms with Gasteiger partial charge in [0.1, 0.15) is 0 Å². The average Bonchev–Trinajstić information content (AvgIpc) is 2.41.